The maximum atomic E-state index is 13.3. The summed E-state index contributed by atoms with van der Waals surface area (Å²) >= 11 is 0. The van der Waals surface area contributed by atoms with Gasteiger partial charge in [-0.15, -0.1) is 0 Å². The van der Waals surface area contributed by atoms with Gasteiger partial charge in [-0.1, -0.05) is 0 Å². The third-order valence-electron chi connectivity index (χ3n) is 11.6. The van der Waals surface area contributed by atoms with Crippen molar-refractivity contribution in [2.75, 3.05) is 40.6 Å². The molecule has 7 rings (SSSR count). The van der Waals surface area contributed by atoms with E-state index < -0.39 is 141 Å². The van der Waals surface area contributed by atoms with Crippen LogP contribution in [-0.2, 0) is 38.0 Å². The number of fused-ring (bicyclic) bond motifs is 1. The zero-order chi connectivity index (χ0) is 52.1. The number of aromatic hydroxyl groups is 4. The van der Waals surface area contributed by atoms with Crippen LogP contribution in [0, 0.1) is 0 Å². The summed E-state index contributed by atoms with van der Waals surface area (Å²) in [5.74, 6) is -5.26. The maximum Gasteiger partial charge on any atom is 0.402 e. The summed E-state index contributed by atoms with van der Waals surface area (Å²) in [5.41, 5.74) is 0.0980. The monoisotopic (exact) mass is 1020 g/mol. The van der Waals surface area contributed by atoms with Crippen LogP contribution in [-0.4, -0.2) is 205 Å². The van der Waals surface area contributed by atoms with Gasteiger partial charge in [-0.2, -0.15) is 0 Å². The number of phenolic OH excluding ortho intramolecular Hbond substituents is 4. The molecule has 3 fully saturated rings. The Morgan fingerprint density at radius 1 is 0.722 bits per heavy atom. The lowest BCUT2D eigenvalue weighted by atomic mass is 9.98. The number of aliphatic carboxylic acids is 1. The van der Waals surface area contributed by atoms with Crippen molar-refractivity contribution in [1.29, 1.82) is 0 Å². The van der Waals surface area contributed by atoms with E-state index >= 15 is 0 Å². The standard InChI is InChI=1S/C46H52O26/c1-62-27-9-18(10-28(63-2)35(27)56)3-6-33(54)71-42-34(55)24(51)16-65-45(42)72-43-39(60)36(57)30(15-47)69-46(43)68-29-14-21-25(66-41(29)19-4-5-22(49)23(50)11-19)12-20(48)13-26(21)67-44-40(61)38(59)37(58)31(70-44)17-64-8-7-32(52)53/h3-6,9-14,24,30-31,34,36-40,42-47,51,55,57-61H,7-8,15-17H2,1-2H3,(H4-,48,49,50,52,53,54,56)/p+1/t24-,30-,31-,34+,36-,37-,38+,39+,40-,42-,43-,44-,45+,46-/m1/s1. The zero-order valence-electron chi connectivity index (χ0n) is 38.0. The van der Waals surface area contributed by atoms with Crippen molar-refractivity contribution < 1.29 is 128 Å². The predicted molar refractivity (Wildman–Crippen MR) is 237 cm³/mol. The molecule has 392 valence electrons. The van der Waals surface area contributed by atoms with E-state index in [-0.39, 0.29) is 57.6 Å². The van der Waals surface area contributed by atoms with Crippen LogP contribution in [0.15, 0.2) is 59.0 Å². The first-order valence-electron chi connectivity index (χ1n) is 21.9. The average Bonchev–Trinajstić information content (AvgIpc) is 3.35. The van der Waals surface area contributed by atoms with E-state index in [1.54, 1.807) is 0 Å². The number of carboxylic acids is 1. The molecule has 72 heavy (non-hydrogen) atoms. The fraction of sp³-hybridized carbons (Fsp3) is 0.457. The number of benzene rings is 3. The summed E-state index contributed by atoms with van der Waals surface area (Å²) in [5, 5.41) is 137. The second kappa shape index (κ2) is 23.0. The predicted octanol–water partition coefficient (Wildman–Crippen LogP) is -1.20. The molecule has 0 bridgehead atoms. The van der Waals surface area contributed by atoms with Gasteiger partial charge < -0.3 is 114 Å². The van der Waals surface area contributed by atoms with Crippen molar-refractivity contribution >= 4 is 29.0 Å². The number of aliphatic hydroxyl groups is 8. The number of ether oxygens (including phenoxy) is 10. The molecule has 26 nitrogen and oxygen atoms in total. The van der Waals surface area contributed by atoms with Crippen molar-refractivity contribution in [3.63, 3.8) is 0 Å². The Morgan fingerprint density at radius 2 is 1.40 bits per heavy atom. The van der Waals surface area contributed by atoms with Gasteiger partial charge in [0.25, 0.3) is 0 Å². The maximum absolute atomic E-state index is 13.3. The van der Waals surface area contributed by atoms with Crippen molar-refractivity contribution in [2.24, 2.45) is 0 Å². The molecule has 4 heterocycles. The average molecular weight is 1020 g/mol. The number of esters is 1. The molecular formula is C46H53O26+. The molecule has 0 aliphatic carbocycles. The van der Waals surface area contributed by atoms with Crippen molar-refractivity contribution in [3.8, 4) is 57.3 Å². The normalized spacial score (nSPS) is 29.7. The van der Waals surface area contributed by atoms with Crippen LogP contribution in [0.25, 0.3) is 28.4 Å². The van der Waals surface area contributed by atoms with Gasteiger partial charge in [-0.05, 0) is 35.9 Å². The lowest BCUT2D eigenvalue weighted by molar-refractivity contribution is -0.345. The first-order valence-corrected chi connectivity index (χ1v) is 21.9. The number of hydrogen-bond donors (Lipinski definition) is 13. The largest absolute Gasteiger partial charge is 0.507 e. The van der Waals surface area contributed by atoms with E-state index in [2.05, 4.69) is 0 Å². The van der Waals surface area contributed by atoms with Crippen LogP contribution in [0.4, 0.5) is 0 Å². The molecule has 14 atom stereocenters. The van der Waals surface area contributed by atoms with Gasteiger partial charge in [-0.25, -0.2) is 9.21 Å². The highest BCUT2D eigenvalue weighted by Crippen LogP contribution is 2.44. The van der Waals surface area contributed by atoms with E-state index in [1.165, 1.54) is 44.6 Å². The molecule has 26 heteroatoms. The number of carboxylic acid groups (broad SMARTS) is 1. The molecule has 3 aliphatic rings. The first kappa shape index (κ1) is 53.4. The lowest BCUT2D eigenvalue weighted by Crippen LogP contribution is -2.64. The summed E-state index contributed by atoms with van der Waals surface area (Å²) < 4.78 is 62.9. The smallest absolute Gasteiger partial charge is 0.402 e. The van der Waals surface area contributed by atoms with Gasteiger partial charge in [0.1, 0.15) is 71.8 Å². The number of methoxy groups -OCH3 is 2. The van der Waals surface area contributed by atoms with E-state index in [0.29, 0.717) is 5.56 Å². The number of phenols is 4. The Bertz CT molecular complexity index is 2550. The van der Waals surface area contributed by atoms with Gasteiger partial charge in [0.15, 0.2) is 41.5 Å². The minimum atomic E-state index is -2.04. The number of carbonyl (C=O) groups excluding carboxylic acids is 1. The van der Waals surface area contributed by atoms with Crippen molar-refractivity contribution in [2.45, 2.75) is 92.4 Å². The fourth-order valence-electron chi connectivity index (χ4n) is 7.79. The molecule has 3 aliphatic heterocycles. The third kappa shape index (κ3) is 11.8. The third-order valence-corrected chi connectivity index (χ3v) is 11.6. The highest BCUT2D eigenvalue weighted by Gasteiger charge is 2.52. The number of hydrogen-bond acceptors (Lipinski definition) is 24. The topological polar surface area (TPSA) is 401 Å². The Kier molecular flexibility index (Phi) is 17.1. The molecule has 4 aromatic rings. The quantitative estimate of drug-likeness (QED) is 0.0183. The second-order valence-corrected chi connectivity index (χ2v) is 16.5. The van der Waals surface area contributed by atoms with Crippen LogP contribution in [0.2, 0.25) is 0 Å². The summed E-state index contributed by atoms with van der Waals surface area (Å²) in [6.07, 6.45) is -23.6. The van der Waals surface area contributed by atoms with Crippen molar-refractivity contribution in [3.05, 3.63) is 60.2 Å². The zero-order valence-corrected chi connectivity index (χ0v) is 38.0. The van der Waals surface area contributed by atoms with Gasteiger partial charge >= 0.3 is 23.3 Å². The summed E-state index contributed by atoms with van der Waals surface area (Å²) in [6, 6.07) is 9.53. The van der Waals surface area contributed by atoms with Crippen LogP contribution < -0.4 is 18.9 Å². The van der Waals surface area contributed by atoms with Gasteiger partial charge in [0.05, 0.1) is 58.7 Å². The first-order chi connectivity index (χ1) is 34.3. The van der Waals surface area contributed by atoms with Crippen LogP contribution in [0.1, 0.15) is 12.0 Å². The van der Waals surface area contributed by atoms with E-state index in [1.807, 2.05) is 0 Å². The molecule has 3 saturated heterocycles. The van der Waals surface area contributed by atoms with Crippen LogP contribution in [0.3, 0.4) is 0 Å². The Morgan fingerprint density at radius 3 is 2.07 bits per heavy atom. The van der Waals surface area contributed by atoms with Crippen LogP contribution in [0.5, 0.6) is 46.0 Å². The van der Waals surface area contributed by atoms with E-state index in [0.717, 1.165) is 30.3 Å². The SMILES string of the molecule is COc1cc(C=CC(=O)O[C@H]2[C@H](O[C@H]3[C@H](Oc4cc5c(O[C@@H]6O[C@H](COCCC(=O)O)[C@@H](O)[C@H](O)[C@H]6O)cc(O)cc5[o+]c4-c4ccc(O)c(O)c4)O[C@H](CO)[C@@H](O)[C@@H]3O)OC[C@@H](O)[C@@H]2O)cc(OC)c1O. The highest BCUT2D eigenvalue weighted by atomic mass is 16.8. The Hall–Kier alpha value is -6.37. The molecule has 13 N–H and O–H groups in total. The van der Waals surface area contributed by atoms with E-state index in [9.17, 15) is 70.9 Å². The lowest BCUT2D eigenvalue weighted by Gasteiger charge is -2.44. The Labute approximate surface area is 406 Å². The molecule has 0 spiro atoms. The molecule has 3 aromatic carbocycles. The number of carbonyl (C=O) groups is 2. The summed E-state index contributed by atoms with van der Waals surface area (Å²) in [4.78, 5) is 24.2. The molecule has 0 amide bonds. The summed E-state index contributed by atoms with van der Waals surface area (Å²) in [7, 11) is 2.58. The number of rotatable bonds is 18. The van der Waals surface area contributed by atoms with Gasteiger partial charge in [0.2, 0.25) is 24.1 Å². The fourth-order valence-corrected chi connectivity index (χ4v) is 7.79. The van der Waals surface area contributed by atoms with Crippen LogP contribution >= 0.6 is 0 Å². The molecule has 0 radical (unpaired) electrons. The van der Waals surface area contributed by atoms with Gasteiger partial charge in [0, 0.05) is 24.3 Å². The van der Waals surface area contributed by atoms with Crippen molar-refractivity contribution in [1.82, 2.24) is 0 Å². The molecule has 0 unspecified atom stereocenters. The second-order valence-electron chi connectivity index (χ2n) is 16.5. The molecular weight excluding hydrogens is 968 g/mol. The summed E-state index contributed by atoms with van der Waals surface area (Å²) in [6.45, 7) is -2.26. The molecule has 1 aromatic heterocycles. The highest BCUT2D eigenvalue weighted by molar-refractivity contribution is 5.89. The Balaban J connectivity index is 1.23. The number of aliphatic hydroxyl groups excluding tert-OH is 8. The minimum Gasteiger partial charge on any atom is -0.507 e. The van der Waals surface area contributed by atoms with Gasteiger partial charge in [-0.3, -0.25) is 4.79 Å². The molecule has 0 saturated carbocycles. The van der Waals surface area contributed by atoms with E-state index in [4.69, 9.17) is 56.9 Å². The minimum absolute atomic E-state index is 0.00795.